The summed E-state index contributed by atoms with van der Waals surface area (Å²) < 4.78 is 0. The number of rotatable bonds is 15. The van der Waals surface area contributed by atoms with E-state index in [1.165, 1.54) is 57.8 Å². The Morgan fingerprint density at radius 1 is 0.481 bits per heavy atom. The quantitative estimate of drug-likeness (QED) is 0.263. The van der Waals surface area contributed by atoms with Crippen molar-refractivity contribution in [2.24, 2.45) is 0 Å². The van der Waals surface area contributed by atoms with Crippen molar-refractivity contribution in [2.45, 2.75) is 156 Å². The Morgan fingerprint density at radius 2 is 0.963 bits per heavy atom. The molecule has 0 aromatic rings. The van der Waals surface area contributed by atoms with Crippen LogP contribution in [0.3, 0.4) is 0 Å². The van der Waals surface area contributed by atoms with Gasteiger partial charge >= 0.3 is 0 Å². The molecule has 0 aliphatic heterocycles. The van der Waals surface area contributed by atoms with Crippen molar-refractivity contribution in [3.63, 3.8) is 0 Å². The van der Waals surface area contributed by atoms with Crippen LogP contribution >= 0.6 is 0 Å². The van der Waals surface area contributed by atoms with E-state index in [4.69, 9.17) is 10.2 Å². The van der Waals surface area contributed by atoms with Gasteiger partial charge in [-0.25, -0.2) is 0 Å². The third-order valence-corrected chi connectivity index (χ3v) is 4.60. The molecule has 0 heterocycles. The molecule has 0 saturated carbocycles. The highest BCUT2D eigenvalue weighted by Crippen LogP contribution is 2.06. The van der Waals surface area contributed by atoms with Gasteiger partial charge in [-0.3, -0.25) is 0 Å². The van der Waals surface area contributed by atoms with Gasteiger partial charge in [0, 0.05) is 0 Å². The van der Waals surface area contributed by atoms with Crippen molar-refractivity contribution in [3.8, 4) is 0 Å². The van der Waals surface area contributed by atoms with Crippen LogP contribution in [0.1, 0.15) is 138 Å². The zero-order valence-electron chi connectivity index (χ0n) is 19.7. The molecule has 3 nitrogen and oxygen atoms in total. The fourth-order valence-corrected chi connectivity index (χ4v) is 2.62. The molecule has 0 aliphatic rings. The van der Waals surface area contributed by atoms with E-state index in [2.05, 4.69) is 27.7 Å². The van der Waals surface area contributed by atoms with Crippen molar-refractivity contribution in [1.29, 1.82) is 0 Å². The summed E-state index contributed by atoms with van der Waals surface area (Å²) in [5.41, 5.74) is 0. The van der Waals surface area contributed by atoms with Crippen molar-refractivity contribution in [2.75, 3.05) is 0 Å². The minimum absolute atomic E-state index is 0.0325. The lowest BCUT2D eigenvalue weighted by molar-refractivity contribution is 0.150. The van der Waals surface area contributed by atoms with Crippen LogP contribution in [0.25, 0.3) is 0 Å². The summed E-state index contributed by atoms with van der Waals surface area (Å²) in [6.07, 6.45) is 16.9. The molecule has 0 aliphatic carbocycles. The molecule has 0 rings (SSSR count). The molecule has 3 atom stereocenters. The van der Waals surface area contributed by atoms with Crippen LogP contribution < -0.4 is 0 Å². The minimum Gasteiger partial charge on any atom is -0.393 e. The molecule has 168 valence electrons. The van der Waals surface area contributed by atoms with Crippen LogP contribution in [0.15, 0.2) is 0 Å². The molecule has 0 spiro atoms. The van der Waals surface area contributed by atoms with Crippen LogP contribution in [0, 0.1) is 0 Å². The monoisotopic (exact) mass is 390 g/mol. The van der Waals surface area contributed by atoms with Gasteiger partial charge in [0.2, 0.25) is 0 Å². The van der Waals surface area contributed by atoms with Crippen LogP contribution in [0.4, 0.5) is 0 Å². The lowest BCUT2D eigenvalue weighted by Crippen LogP contribution is -2.04. The van der Waals surface area contributed by atoms with E-state index < -0.39 is 0 Å². The molecule has 3 N–H and O–H groups in total. The normalized spacial score (nSPS) is 13.7. The van der Waals surface area contributed by atoms with Gasteiger partial charge in [0.1, 0.15) is 0 Å². The van der Waals surface area contributed by atoms with Gasteiger partial charge in [-0.2, -0.15) is 0 Å². The molecule has 3 unspecified atom stereocenters. The van der Waals surface area contributed by atoms with Gasteiger partial charge in [0.05, 0.1) is 18.3 Å². The number of unbranched alkanes of at least 4 members (excludes halogenated alkanes) is 6. The van der Waals surface area contributed by atoms with Gasteiger partial charge in [-0.1, -0.05) is 98.8 Å². The lowest BCUT2D eigenvalue weighted by Gasteiger charge is -2.06. The average Bonchev–Trinajstić information content (AvgIpc) is 2.65. The number of hydrogen-bond acceptors (Lipinski definition) is 3. The second-order valence-electron chi connectivity index (χ2n) is 7.84. The van der Waals surface area contributed by atoms with E-state index in [0.717, 1.165) is 38.5 Å². The Kier molecular flexibility index (Phi) is 32.8. The largest absolute Gasteiger partial charge is 0.393 e. The number of aliphatic hydroxyl groups excluding tert-OH is 3. The molecule has 0 aromatic carbocycles. The maximum Gasteiger partial charge on any atom is 0.0540 e. The topological polar surface area (TPSA) is 60.7 Å². The van der Waals surface area contributed by atoms with Crippen molar-refractivity contribution < 1.29 is 15.3 Å². The number of aliphatic hydroxyl groups is 3. The predicted octanol–water partition coefficient (Wildman–Crippen LogP) is 7.01. The highest BCUT2D eigenvalue weighted by atomic mass is 16.3. The van der Waals surface area contributed by atoms with Crippen molar-refractivity contribution >= 4 is 0 Å². The summed E-state index contributed by atoms with van der Waals surface area (Å²) in [5.74, 6) is 0. The first-order chi connectivity index (χ1) is 12.9. The maximum absolute atomic E-state index is 9.18. The minimum atomic E-state index is -0.0955. The Hall–Kier alpha value is -0.120. The van der Waals surface area contributed by atoms with Crippen LogP contribution in [-0.2, 0) is 0 Å². The summed E-state index contributed by atoms with van der Waals surface area (Å²) in [6.45, 7) is 12.5. The fraction of sp³-hybridized carbons (Fsp3) is 1.00. The smallest absolute Gasteiger partial charge is 0.0540 e. The summed E-state index contributed by atoms with van der Waals surface area (Å²) in [7, 11) is 0. The van der Waals surface area contributed by atoms with Gasteiger partial charge in [0.15, 0.2) is 0 Å². The lowest BCUT2D eigenvalue weighted by atomic mass is 10.1. The summed E-state index contributed by atoms with van der Waals surface area (Å²) in [5, 5.41) is 27.1. The summed E-state index contributed by atoms with van der Waals surface area (Å²) >= 11 is 0. The molecule has 27 heavy (non-hydrogen) atoms. The van der Waals surface area contributed by atoms with E-state index in [1.807, 2.05) is 13.8 Å². The van der Waals surface area contributed by atoms with Crippen LogP contribution in [0.5, 0.6) is 0 Å². The van der Waals surface area contributed by atoms with E-state index in [1.54, 1.807) is 0 Å². The molecular formula is C24H54O3. The molecular weight excluding hydrogens is 336 g/mol. The van der Waals surface area contributed by atoms with Crippen LogP contribution in [0.2, 0.25) is 0 Å². The van der Waals surface area contributed by atoms with Crippen molar-refractivity contribution in [1.82, 2.24) is 0 Å². The molecule has 3 heteroatoms. The predicted molar refractivity (Wildman–Crippen MR) is 121 cm³/mol. The third-order valence-electron chi connectivity index (χ3n) is 4.60. The fourth-order valence-electron chi connectivity index (χ4n) is 2.62. The molecule has 0 radical (unpaired) electrons. The average molecular weight is 391 g/mol. The Labute approximate surface area is 172 Å². The second-order valence-corrected chi connectivity index (χ2v) is 7.84. The molecule has 0 aromatic heterocycles. The van der Waals surface area contributed by atoms with Gasteiger partial charge < -0.3 is 15.3 Å². The molecule has 0 bridgehead atoms. The molecule has 0 fully saturated rings. The maximum atomic E-state index is 9.18. The molecule has 0 saturated heterocycles. The third kappa shape index (κ3) is 37.3. The van der Waals surface area contributed by atoms with Crippen LogP contribution in [-0.4, -0.2) is 33.6 Å². The van der Waals surface area contributed by atoms with E-state index in [0.29, 0.717) is 0 Å². The Morgan fingerprint density at radius 3 is 1.41 bits per heavy atom. The zero-order valence-corrected chi connectivity index (χ0v) is 19.7. The first-order valence-corrected chi connectivity index (χ1v) is 11.9. The standard InChI is InChI=1S/3C8H18O/c1-3-4-5-6-7-8(2)9;1-3-5-6-7-8(9)4-2;1-3-5-7-8(9)6-4-2/h3*8-9H,3-7H2,1-2H3. The summed E-state index contributed by atoms with van der Waals surface area (Å²) in [4.78, 5) is 0. The summed E-state index contributed by atoms with van der Waals surface area (Å²) in [6, 6.07) is 0. The van der Waals surface area contributed by atoms with Crippen molar-refractivity contribution in [3.05, 3.63) is 0 Å². The SMILES string of the molecule is CCCCC(O)CCC.CCCCCC(O)CC.CCCCCCC(C)O. The first-order valence-electron chi connectivity index (χ1n) is 11.9. The van der Waals surface area contributed by atoms with E-state index in [9.17, 15) is 5.11 Å². The Balaban J connectivity index is -0.000000320. The first kappa shape index (κ1) is 31.6. The highest BCUT2D eigenvalue weighted by molar-refractivity contribution is 4.53. The Bertz CT molecular complexity index is 232. The van der Waals surface area contributed by atoms with E-state index >= 15 is 0 Å². The molecule has 0 amide bonds. The zero-order chi connectivity index (χ0) is 21.3. The number of hydrogen-bond donors (Lipinski definition) is 3. The second kappa shape index (κ2) is 28.1. The van der Waals surface area contributed by atoms with Gasteiger partial charge in [-0.15, -0.1) is 0 Å². The highest BCUT2D eigenvalue weighted by Gasteiger charge is 1.99. The van der Waals surface area contributed by atoms with Gasteiger partial charge in [0.25, 0.3) is 0 Å². The van der Waals surface area contributed by atoms with E-state index in [-0.39, 0.29) is 18.3 Å². The van der Waals surface area contributed by atoms with Gasteiger partial charge in [-0.05, 0) is 39.0 Å².